The molecule has 0 saturated carbocycles. The lowest BCUT2D eigenvalue weighted by molar-refractivity contribution is -0.147. The van der Waals surface area contributed by atoms with Crippen molar-refractivity contribution in [2.45, 2.75) is 33.7 Å². The van der Waals surface area contributed by atoms with Gasteiger partial charge in [-0.05, 0) is 37.3 Å². The third-order valence-corrected chi connectivity index (χ3v) is 4.34. The highest BCUT2D eigenvalue weighted by molar-refractivity contribution is 7.10. The fourth-order valence-corrected chi connectivity index (χ4v) is 2.28. The van der Waals surface area contributed by atoms with E-state index in [-0.39, 0.29) is 12.6 Å². The molecular weight excluding hydrogens is 264 g/mol. The smallest absolute Gasteiger partial charge is 0.315 e. The summed E-state index contributed by atoms with van der Waals surface area (Å²) in [6.45, 7) is 5.99. The van der Waals surface area contributed by atoms with Crippen molar-refractivity contribution in [2.24, 2.45) is 5.41 Å². The van der Waals surface area contributed by atoms with Crippen molar-refractivity contribution in [2.75, 3.05) is 6.54 Å². The van der Waals surface area contributed by atoms with E-state index in [1.807, 2.05) is 18.4 Å². The van der Waals surface area contributed by atoms with E-state index in [1.165, 1.54) is 0 Å². The summed E-state index contributed by atoms with van der Waals surface area (Å²) in [5.41, 5.74) is 0.227. The van der Waals surface area contributed by atoms with Gasteiger partial charge in [0.15, 0.2) is 0 Å². The maximum atomic E-state index is 11.6. The molecule has 0 fully saturated rings. The molecule has 3 N–H and O–H groups in total. The average molecular weight is 284 g/mol. The van der Waals surface area contributed by atoms with Gasteiger partial charge in [-0.15, -0.1) is 11.3 Å². The summed E-state index contributed by atoms with van der Waals surface area (Å²) in [6, 6.07) is 1.66. The second kappa shape index (κ2) is 6.56. The molecule has 1 atom stereocenters. The van der Waals surface area contributed by atoms with Crippen LogP contribution in [-0.2, 0) is 11.3 Å². The highest BCUT2D eigenvalue weighted by atomic mass is 32.1. The van der Waals surface area contributed by atoms with Crippen LogP contribution in [0.1, 0.15) is 30.7 Å². The van der Waals surface area contributed by atoms with Crippen molar-refractivity contribution in [1.29, 1.82) is 0 Å². The molecule has 0 aromatic carbocycles. The number of urea groups is 1. The van der Waals surface area contributed by atoms with Gasteiger partial charge in [0.05, 0.1) is 12.0 Å². The molecule has 0 bridgehead atoms. The Kier molecular flexibility index (Phi) is 5.35. The number of carbonyl (C=O) groups excluding carboxylic acids is 1. The van der Waals surface area contributed by atoms with Crippen LogP contribution in [0.4, 0.5) is 4.79 Å². The molecule has 1 heterocycles. The lowest BCUT2D eigenvalue weighted by Gasteiger charge is -2.23. The molecule has 0 aliphatic heterocycles. The summed E-state index contributed by atoms with van der Waals surface area (Å²) in [6.07, 6.45) is 0.465. The van der Waals surface area contributed by atoms with Crippen LogP contribution in [0.25, 0.3) is 0 Å². The van der Waals surface area contributed by atoms with Crippen LogP contribution >= 0.6 is 11.3 Å². The molecule has 6 heteroatoms. The first-order valence-corrected chi connectivity index (χ1v) is 7.05. The van der Waals surface area contributed by atoms with Crippen LogP contribution in [0.2, 0.25) is 0 Å². The van der Waals surface area contributed by atoms with Crippen molar-refractivity contribution in [1.82, 2.24) is 10.6 Å². The van der Waals surface area contributed by atoms with E-state index in [1.54, 1.807) is 25.2 Å². The van der Waals surface area contributed by atoms with Crippen molar-refractivity contribution in [3.05, 3.63) is 21.9 Å². The zero-order valence-electron chi connectivity index (χ0n) is 11.4. The Morgan fingerprint density at radius 2 is 2.11 bits per heavy atom. The van der Waals surface area contributed by atoms with Crippen molar-refractivity contribution >= 4 is 23.3 Å². The summed E-state index contributed by atoms with van der Waals surface area (Å²) in [4.78, 5) is 23.8. The summed E-state index contributed by atoms with van der Waals surface area (Å²) < 4.78 is 0. The Labute approximate surface area is 117 Å². The van der Waals surface area contributed by atoms with Crippen LogP contribution in [0.15, 0.2) is 11.4 Å². The second-order valence-electron chi connectivity index (χ2n) is 4.78. The molecule has 0 spiro atoms. The number of carbonyl (C=O) groups is 2. The van der Waals surface area contributed by atoms with Crippen LogP contribution in [0.3, 0.4) is 0 Å². The molecule has 1 rings (SSSR count). The number of rotatable bonds is 6. The van der Waals surface area contributed by atoms with Crippen LogP contribution in [0, 0.1) is 12.3 Å². The monoisotopic (exact) mass is 284 g/mol. The Hall–Kier alpha value is -1.56. The van der Waals surface area contributed by atoms with E-state index in [2.05, 4.69) is 10.6 Å². The summed E-state index contributed by atoms with van der Waals surface area (Å²) in [5.74, 6) is -0.899. The second-order valence-corrected chi connectivity index (χ2v) is 5.78. The van der Waals surface area contributed by atoms with Gasteiger partial charge in [-0.1, -0.05) is 6.92 Å². The minimum Gasteiger partial charge on any atom is -0.481 e. The molecule has 1 aromatic heterocycles. The standard InChI is InChI=1S/C13H20N2O3S/c1-4-13(3,11(16)17)8-15-12(18)14-7-10-9(2)5-6-19-10/h5-6H,4,7-8H2,1-3H3,(H,16,17)(H2,14,15,18). The quantitative estimate of drug-likeness (QED) is 0.750. The van der Waals surface area contributed by atoms with E-state index in [0.717, 1.165) is 10.4 Å². The minimum absolute atomic E-state index is 0.119. The molecule has 106 valence electrons. The number of hydrogen-bond donors (Lipinski definition) is 3. The molecule has 5 nitrogen and oxygen atoms in total. The molecule has 0 radical (unpaired) electrons. The van der Waals surface area contributed by atoms with E-state index < -0.39 is 11.4 Å². The fourth-order valence-electron chi connectivity index (χ4n) is 1.44. The largest absolute Gasteiger partial charge is 0.481 e. The molecule has 0 aliphatic rings. The topological polar surface area (TPSA) is 78.4 Å². The Balaban J connectivity index is 2.40. The van der Waals surface area contributed by atoms with E-state index in [9.17, 15) is 9.59 Å². The number of aryl methyl sites for hydroxylation is 1. The van der Waals surface area contributed by atoms with Gasteiger partial charge >= 0.3 is 12.0 Å². The van der Waals surface area contributed by atoms with E-state index in [4.69, 9.17) is 5.11 Å². The normalized spacial score (nSPS) is 13.6. The first kappa shape index (κ1) is 15.5. The first-order valence-electron chi connectivity index (χ1n) is 6.17. The third kappa shape index (κ3) is 4.24. The van der Waals surface area contributed by atoms with Gasteiger partial charge in [-0.25, -0.2) is 4.79 Å². The van der Waals surface area contributed by atoms with Crippen molar-refractivity contribution in [3.63, 3.8) is 0 Å². The molecule has 1 aromatic rings. The zero-order chi connectivity index (χ0) is 14.5. The molecular formula is C13H20N2O3S. The number of aliphatic carboxylic acids is 1. The number of amides is 2. The average Bonchev–Trinajstić information content (AvgIpc) is 2.78. The van der Waals surface area contributed by atoms with Crippen LogP contribution < -0.4 is 10.6 Å². The number of carboxylic acids is 1. The number of thiophene rings is 1. The number of nitrogens with one attached hydrogen (secondary N) is 2. The highest BCUT2D eigenvalue weighted by Gasteiger charge is 2.31. The van der Waals surface area contributed by atoms with Crippen LogP contribution in [0.5, 0.6) is 0 Å². The fraction of sp³-hybridized carbons (Fsp3) is 0.538. The maximum absolute atomic E-state index is 11.6. The lowest BCUT2D eigenvalue weighted by atomic mass is 9.88. The van der Waals surface area contributed by atoms with E-state index in [0.29, 0.717) is 13.0 Å². The predicted octanol–water partition coefficient (Wildman–Crippen LogP) is 2.36. The molecule has 19 heavy (non-hydrogen) atoms. The van der Waals surface area contributed by atoms with Gasteiger partial charge in [0.2, 0.25) is 0 Å². The molecule has 0 saturated heterocycles. The molecule has 2 amide bonds. The van der Waals surface area contributed by atoms with Gasteiger partial charge in [-0.2, -0.15) is 0 Å². The molecule has 1 unspecified atom stereocenters. The lowest BCUT2D eigenvalue weighted by Crippen LogP contribution is -2.44. The van der Waals surface area contributed by atoms with Crippen molar-refractivity contribution in [3.8, 4) is 0 Å². The van der Waals surface area contributed by atoms with E-state index >= 15 is 0 Å². The Morgan fingerprint density at radius 1 is 1.42 bits per heavy atom. The van der Waals surface area contributed by atoms with Crippen molar-refractivity contribution < 1.29 is 14.7 Å². The van der Waals surface area contributed by atoms with Gasteiger partial charge in [0, 0.05) is 11.4 Å². The Morgan fingerprint density at radius 3 is 2.58 bits per heavy atom. The summed E-state index contributed by atoms with van der Waals surface area (Å²) in [5, 5.41) is 16.4. The SMILES string of the molecule is CCC(C)(CNC(=O)NCc1sccc1C)C(=O)O. The summed E-state index contributed by atoms with van der Waals surface area (Å²) in [7, 11) is 0. The number of carboxylic acid groups (broad SMARTS) is 1. The van der Waals surface area contributed by atoms with Gasteiger partial charge in [0.1, 0.15) is 0 Å². The van der Waals surface area contributed by atoms with Gasteiger partial charge in [-0.3, -0.25) is 4.79 Å². The highest BCUT2D eigenvalue weighted by Crippen LogP contribution is 2.19. The summed E-state index contributed by atoms with van der Waals surface area (Å²) >= 11 is 1.59. The van der Waals surface area contributed by atoms with Gasteiger partial charge < -0.3 is 15.7 Å². The number of hydrogen-bond acceptors (Lipinski definition) is 3. The molecule has 0 aliphatic carbocycles. The van der Waals surface area contributed by atoms with Crippen LogP contribution in [-0.4, -0.2) is 23.7 Å². The zero-order valence-corrected chi connectivity index (χ0v) is 12.3. The minimum atomic E-state index is -0.920. The maximum Gasteiger partial charge on any atom is 0.315 e. The third-order valence-electron chi connectivity index (χ3n) is 3.31. The first-order chi connectivity index (χ1) is 8.89. The predicted molar refractivity (Wildman–Crippen MR) is 75.3 cm³/mol. The van der Waals surface area contributed by atoms with Gasteiger partial charge in [0.25, 0.3) is 0 Å². The Bertz CT molecular complexity index is 458.